The quantitative estimate of drug-likeness (QED) is 0.768. The molecule has 0 heterocycles. The highest BCUT2D eigenvalue weighted by atomic mass is 16.5. The van der Waals surface area contributed by atoms with Gasteiger partial charge in [0.2, 0.25) is 5.91 Å². The molecule has 2 atom stereocenters. The van der Waals surface area contributed by atoms with Gasteiger partial charge in [-0.25, -0.2) is 0 Å². The standard InChI is InChI=1S/C16H26N2O2/c1-5-12(2)10-13(3)17-11-16(19)18-14-8-6-7-9-15(14)20-4/h6-9,12-13,17H,5,10-11H2,1-4H3,(H,18,19). The number of hydrogen-bond donors (Lipinski definition) is 2. The van der Waals surface area contributed by atoms with Crippen molar-refractivity contribution in [2.24, 2.45) is 5.92 Å². The highest BCUT2D eigenvalue weighted by molar-refractivity contribution is 5.93. The molecule has 0 fully saturated rings. The number of hydrogen-bond acceptors (Lipinski definition) is 3. The van der Waals surface area contributed by atoms with Crippen LogP contribution in [0, 0.1) is 5.92 Å². The van der Waals surface area contributed by atoms with Gasteiger partial charge in [0, 0.05) is 6.04 Å². The number of nitrogens with one attached hydrogen (secondary N) is 2. The minimum atomic E-state index is -0.0505. The molecule has 0 bridgehead atoms. The maximum Gasteiger partial charge on any atom is 0.238 e. The smallest absolute Gasteiger partial charge is 0.238 e. The lowest BCUT2D eigenvalue weighted by molar-refractivity contribution is -0.115. The Labute approximate surface area is 121 Å². The number of carbonyl (C=O) groups excluding carboxylic acids is 1. The number of carbonyl (C=O) groups is 1. The predicted octanol–water partition coefficient (Wildman–Crippen LogP) is 3.05. The average Bonchev–Trinajstić information content (AvgIpc) is 2.45. The second-order valence-corrected chi connectivity index (χ2v) is 5.28. The van der Waals surface area contributed by atoms with E-state index in [1.807, 2.05) is 24.3 Å². The van der Waals surface area contributed by atoms with E-state index in [-0.39, 0.29) is 5.91 Å². The second kappa shape index (κ2) is 8.59. The molecule has 0 spiro atoms. The van der Waals surface area contributed by atoms with Gasteiger partial charge in [-0.3, -0.25) is 4.79 Å². The Morgan fingerprint density at radius 1 is 1.30 bits per heavy atom. The van der Waals surface area contributed by atoms with Crippen molar-refractivity contribution < 1.29 is 9.53 Å². The van der Waals surface area contributed by atoms with Gasteiger partial charge in [-0.2, -0.15) is 0 Å². The van der Waals surface area contributed by atoms with E-state index in [9.17, 15) is 4.79 Å². The Morgan fingerprint density at radius 2 is 2.00 bits per heavy atom. The first-order valence-electron chi connectivity index (χ1n) is 7.23. The van der Waals surface area contributed by atoms with Crippen molar-refractivity contribution in [2.45, 2.75) is 39.7 Å². The Hall–Kier alpha value is -1.55. The van der Waals surface area contributed by atoms with Crippen molar-refractivity contribution in [1.82, 2.24) is 5.32 Å². The average molecular weight is 278 g/mol. The van der Waals surface area contributed by atoms with E-state index in [1.54, 1.807) is 7.11 Å². The molecule has 4 heteroatoms. The Bertz CT molecular complexity index is 421. The van der Waals surface area contributed by atoms with E-state index >= 15 is 0 Å². The van der Waals surface area contributed by atoms with Gasteiger partial charge in [0.05, 0.1) is 19.3 Å². The van der Waals surface area contributed by atoms with Crippen molar-refractivity contribution >= 4 is 11.6 Å². The van der Waals surface area contributed by atoms with E-state index in [1.165, 1.54) is 6.42 Å². The van der Waals surface area contributed by atoms with Crippen molar-refractivity contribution in [3.05, 3.63) is 24.3 Å². The van der Waals surface area contributed by atoms with E-state index in [0.29, 0.717) is 29.9 Å². The lowest BCUT2D eigenvalue weighted by atomic mass is 10.0. The van der Waals surface area contributed by atoms with Crippen LogP contribution >= 0.6 is 0 Å². The summed E-state index contributed by atoms with van der Waals surface area (Å²) in [4.78, 5) is 11.9. The molecule has 1 aromatic carbocycles. The summed E-state index contributed by atoms with van der Waals surface area (Å²) in [6.07, 6.45) is 2.25. The van der Waals surface area contributed by atoms with Crippen LogP contribution in [-0.4, -0.2) is 25.6 Å². The number of anilines is 1. The van der Waals surface area contributed by atoms with Gasteiger partial charge in [0.25, 0.3) is 0 Å². The lowest BCUT2D eigenvalue weighted by Gasteiger charge is -2.17. The highest BCUT2D eigenvalue weighted by Gasteiger charge is 2.10. The normalized spacial score (nSPS) is 13.6. The molecule has 2 unspecified atom stereocenters. The molecule has 0 saturated carbocycles. The number of benzene rings is 1. The maximum atomic E-state index is 11.9. The van der Waals surface area contributed by atoms with Crippen molar-refractivity contribution in [2.75, 3.05) is 19.0 Å². The number of ether oxygens (including phenoxy) is 1. The largest absolute Gasteiger partial charge is 0.495 e. The fraction of sp³-hybridized carbons (Fsp3) is 0.562. The van der Waals surface area contributed by atoms with Gasteiger partial charge in [-0.1, -0.05) is 32.4 Å². The van der Waals surface area contributed by atoms with Gasteiger partial charge in [-0.15, -0.1) is 0 Å². The highest BCUT2D eigenvalue weighted by Crippen LogP contribution is 2.22. The van der Waals surface area contributed by atoms with Crippen molar-refractivity contribution in [3.63, 3.8) is 0 Å². The lowest BCUT2D eigenvalue weighted by Crippen LogP contribution is -2.35. The van der Waals surface area contributed by atoms with Crippen molar-refractivity contribution in [1.29, 1.82) is 0 Å². The van der Waals surface area contributed by atoms with E-state index < -0.39 is 0 Å². The van der Waals surface area contributed by atoms with Gasteiger partial charge >= 0.3 is 0 Å². The zero-order valence-corrected chi connectivity index (χ0v) is 12.9. The number of para-hydroxylation sites is 2. The molecule has 112 valence electrons. The van der Waals surface area contributed by atoms with Crippen LogP contribution < -0.4 is 15.4 Å². The molecule has 1 aromatic rings. The monoisotopic (exact) mass is 278 g/mol. The van der Waals surface area contributed by atoms with Crippen LogP contribution in [0.4, 0.5) is 5.69 Å². The minimum Gasteiger partial charge on any atom is -0.495 e. The van der Waals surface area contributed by atoms with E-state index in [4.69, 9.17) is 4.74 Å². The van der Waals surface area contributed by atoms with Crippen molar-refractivity contribution in [3.8, 4) is 5.75 Å². The van der Waals surface area contributed by atoms with E-state index in [2.05, 4.69) is 31.4 Å². The summed E-state index contributed by atoms with van der Waals surface area (Å²) in [6, 6.07) is 7.75. The molecule has 1 rings (SSSR count). The van der Waals surface area contributed by atoms with Crippen LogP contribution in [0.25, 0.3) is 0 Å². The fourth-order valence-electron chi connectivity index (χ4n) is 2.06. The topological polar surface area (TPSA) is 50.4 Å². The molecular formula is C16H26N2O2. The molecule has 0 aliphatic carbocycles. The van der Waals surface area contributed by atoms with Crippen LogP contribution in [-0.2, 0) is 4.79 Å². The molecule has 20 heavy (non-hydrogen) atoms. The summed E-state index contributed by atoms with van der Waals surface area (Å²) in [5.74, 6) is 1.30. The molecule has 1 amide bonds. The zero-order valence-electron chi connectivity index (χ0n) is 12.9. The van der Waals surface area contributed by atoms with Gasteiger partial charge < -0.3 is 15.4 Å². The summed E-state index contributed by atoms with van der Waals surface area (Å²) in [7, 11) is 1.59. The first-order chi connectivity index (χ1) is 9.56. The third-order valence-corrected chi connectivity index (χ3v) is 3.44. The molecule has 0 aromatic heterocycles. The van der Waals surface area contributed by atoms with Crippen LogP contribution in [0.5, 0.6) is 5.75 Å². The van der Waals surface area contributed by atoms with E-state index in [0.717, 1.165) is 6.42 Å². The summed E-state index contributed by atoms with van der Waals surface area (Å²) < 4.78 is 5.20. The third-order valence-electron chi connectivity index (χ3n) is 3.44. The summed E-state index contributed by atoms with van der Waals surface area (Å²) in [6.45, 7) is 6.84. The van der Waals surface area contributed by atoms with Gasteiger partial charge in [-0.05, 0) is 31.4 Å². The Morgan fingerprint density at radius 3 is 2.65 bits per heavy atom. The fourth-order valence-corrected chi connectivity index (χ4v) is 2.06. The Balaban J connectivity index is 2.40. The van der Waals surface area contributed by atoms with Gasteiger partial charge in [0.1, 0.15) is 5.75 Å². The molecule has 2 N–H and O–H groups in total. The number of rotatable bonds is 8. The van der Waals surface area contributed by atoms with Crippen LogP contribution in [0.15, 0.2) is 24.3 Å². The number of amides is 1. The molecule has 0 aliphatic heterocycles. The number of methoxy groups -OCH3 is 1. The second-order valence-electron chi connectivity index (χ2n) is 5.28. The van der Waals surface area contributed by atoms with Gasteiger partial charge in [0.15, 0.2) is 0 Å². The first kappa shape index (κ1) is 16.5. The van der Waals surface area contributed by atoms with Crippen LogP contribution in [0.3, 0.4) is 0 Å². The summed E-state index contributed by atoms with van der Waals surface area (Å²) in [5.41, 5.74) is 0.705. The molecular weight excluding hydrogens is 252 g/mol. The molecule has 0 saturated heterocycles. The Kier molecular flexibility index (Phi) is 7.09. The zero-order chi connectivity index (χ0) is 15.0. The summed E-state index contributed by atoms with van der Waals surface area (Å²) >= 11 is 0. The molecule has 0 aliphatic rings. The summed E-state index contributed by atoms with van der Waals surface area (Å²) in [5, 5.41) is 6.11. The maximum absolute atomic E-state index is 11.9. The minimum absolute atomic E-state index is 0.0505. The van der Waals surface area contributed by atoms with Crippen LogP contribution in [0.2, 0.25) is 0 Å². The molecule has 0 radical (unpaired) electrons. The SMILES string of the molecule is CCC(C)CC(C)NCC(=O)Nc1ccccc1OC. The van der Waals surface area contributed by atoms with Crippen LogP contribution in [0.1, 0.15) is 33.6 Å². The predicted molar refractivity (Wildman–Crippen MR) is 83.2 cm³/mol. The molecule has 4 nitrogen and oxygen atoms in total. The first-order valence-corrected chi connectivity index (χ1v) is 7.23. The third kappa shape index (κ3) is 5.61.